The third-order valence-corrected chi connectivity index (χ3v) is 5.64. The first-order chi connectivity index (χ1) is 14.3. The molecule has 146 valence electrons. The molecule has 0 unspecified atom stereocenters. The molecular formula is C19H18N8OS. The number of rotatable bonds is 4. The quantitative estimate of drug-likeness (QED) is 0.476. The van der Waals surface area contributed by atoms with Crippen LogP contribution in [0.3, 0.4) is 0 Å². The second-order valence-electron chi connectivity index (χ2n) is 6.60. The number of aromatic nitrogens is 5. The number of aromatic amines is 1. The van der Waals surface area contributed by atoms with Crippen molar-refractivity contribution in [2.45, 2.75) is 0 Å². The first kappa shape index (κ1) is 17.7. The fraction of sp³-hybridized carbons (Fsp3) is 0.211. The maximum atomic E-state index is 12.8. The van der Waals surface area contributed by atoms with E-state index in [9.17, 15) is 4.79 Å². The van der Waals surface area contributed by atoms with Crippen LogP contribution in [0.2, 0.25) is 0 Å². The van der Waals surface area contributed by atoms with E-state index in [1.165, 1.54) is 11.3 Å². The second kappa shape index (κ2) is 7.57. The lowest BCUT2D eigenvalue weighted by molar-refractivity contribution is 0.102. The summed E-state index contributed by atoms with van der Waals surface area (Å²) in [6.07, 6.45) is 3.40. The van der Waals surface area contributed by atoms with Gasteiger partial charge in [0.1, 0.15) is 0 Å². The van der Waals surface area contributed by atoms with E-state index in [4.69, 9.17) is 0 Å². The Hall–Kier alpha value is -3.37. The molecule has 3 aromatic heterocycles. The molecule has 9 nitrogen and oxygen atoms in total. The maximum Gasteiger partial charge on any atom is 0.286 e. The van der Waals surface area contributed by atoms with Gasteiger partial charge in [0.2, 0.25) is 5.01 Å². The first-order valence-corrected chi connectivity index (χ1v) is 10.1. The van der Waals surface area contributed by atoms with Crippen molar-refractivity contribution in [3.8, 4) is 10.8 Å². The average molecular weight is 406 g/mol. The monoisotopic (exact) mass is 406 g/mol. The van der Waals surface area contributed by atoms with E-state index in [1.807, 2.05) is 30.3 Å². The topological polar surface area (TPSA) is 112 Å². The lowest BCUT2D eigenvalue weighted by Gasteiger charge is -2.30. The zero-order chi connectivity index (χ0) is 19.6. The number of fused-ring (bicyclic) bond motifs is 1. The fourth-order valence-corrected chi connectivity index (χ4v) is 3.99. The van der Waals surface area contributed by atoms with Crippen LogP contribution in [0.1, 0.15) is 9.80 Å². The number of anilines is 2. The number of carbonyl (C=O) groups is 1. The zero-order valence-electron chi connectivity index (χ0n) is 15.4. The van der Waals surface area contributed by atoms with Crippen LogP contribution in [0.5, 0.6) is 0 Å². The summed E-state index contributed by atoms with van der Waals surface area (Å²) >= 11 is 1.20. The molecule has 4 heterocycles. The molecule has 0 saturated carbocycles. The smallest absolute Gasteiger partial charge is 0.286 e. The lowest BCUT2D eigenvalue weighted by Crippen LogP contribution is -2.43. The lowest BCUT2D eigenvalue weighted by atomic mass is 10.2. The molecule has 0 radical (unpaired) electrons. The van der Waals surface area contributed by atoms with Crippen molar-refractivity contribution in [1.29, 1.82) is 0 Å². The first-order valence-electron chi connectivity index (χ1n) is 9.27. The highest BCUT2D eigenvalue weighted by atomic mass is 32.1. The standard InChI is InChI=1S/C19H18N8OS/c28-17(24-14-11-21-6-5-15(14)27-9-7-20-8-10-27)19-26-25-18(29-19)16-22-12-3-1-2-4-13(12)23-16/h1-6,11,20H,7-10H2,(H,22,23)(H,24,28). The number of amides is 1. The number of hydrogen-bond donors (Lipinski definition) is 3. The number of pyridine rings is 1. The highest BCUT2D eigenvalue weighted by Gasteiger charge is 2.19. The predicted molar refractivity (Wildman–Crippen MR) is 112 cm³/mol. The van der Waals surface area contributed by atoms with E-state index in [0.717, 1.165) is 42.9 Å². The van der Waals surface area contributed by atoms with Crippen molar-refractivity contribution in [2.75, 3.05) is 36.4 Å². The summed E-state index contributed by atoms with van der Waals surface area (Å²) in [5.74, 6) is 0.292. The summed E-state index contributed by atoms with van der Waals surface area (Å²) < 4.78 is 0. The Kier molecular flexibility index (Phi) is 4.62. The fourth-order valence-electron chi connectivity index (χ4n) is 3.31. The van der Waals surface area contributed by atoms with Crippen molar-refractivity contribution in [2.24, 2.45) is 0 Å². The maximum absolute atomic E-state index is 12.8. The van der Waals surface area contributed by atoms with E-state index < -0.39 is 0 Å². The molecule has 5 rings (SSSR count). The molecule has 0 spiro atoms. The molecule has 1 aromatic carbocycles. The molecule has 1 aliphatic rings. The number of nitrogens with one attached hydrogen (secondary N) is 3. The third kappa shape index (κ3) is 3.55. The van der Waals surface area contributed by atoms with Gasteiger partial charge < -0.3 is 20.5 Å². The Bertz CT molecular complexity index is 1130. The van der Waals surface area contributed by atoms with Crippen molar-refractivity contribution < 1.29 is 4.79 Å². The Morgan fingerprint density at radius 1 is 1.14 bits per heavy atom. The largest absolute Gasteiger partial charge is 0.367 e. The number of hydrogen-bond acceptors (Lipinski definition) is 8. The van der Waals surface area contributed by atoms with Gasteiger partial charge in [-0.15, -0.1) is 10.2 Å². The van der Waals surface area contributed by atoms with Crippen molar-refractivity contribution >= 4 is 39.7 Å². The van der Waals surface area contributed by atoms with Crippen LogP contribution in [-0.4, -0.2) is 57.2 Å². The van der Waals surface area contributed by atoms with Gasteiger partial charge in [0, 0.05) is 32.4 Å². The van der Waals surface area contributed by atoms with E-state index in [0.29, 0.717) is 16.5 Å². The molecule has 1 fully saturated rings. The van der Waals surface area contributed by atoms with Crippen LogP contribution in [0.4, 0.5) is 11.4 Å². The molecule has 0 aliphatic carbocycles. The third-order valence-electron chi connectivity index (χ3n) is 4.72. The molecule has 29 heavy (non-hydrogen) atoms. The minimum Gasteiger partial charge on any atom is -0.367 e. The molecular weight excluding hydrogens is 388 g/mol. The van der Waals surface area contributed by atoms with Gasteiger partial charge in [-0.3, -0.25) is 9.78 Å². The summed E-state index contributed by atoms with van der Waals surface area (Å²) in [5.41, 5.74) is 3.39. The van der Waals surface area contributed by atoms with Gasteiger partial charge in [-0.25, -0.2) is 4.98 Å². The molecule has 0 atom stereocenters. The van der Waals surface area contributed by atoms with Crippen LogP contribution < -0.4 is 15.5 Å². The molecule has 1 aliphatic heterocycles. The predicted octanol–water partition coefficient (Wildman–Crippen LogP) is 2.14. The second-order valence-corrected chi connectivity index (χ2v) is 7.58. The zero-order valence-corrected chi connectivity index (χ0v) is 16.2. The minimum absolute atomic E-state index is 0.274. The van der Waals surface area contributed by atoms with Crippen molar-refractivity contribution in [3.05, 3.63) is 47.7 Å². The SMILES string of the molecule is O=C(Nc1cnccc1N1CCNCC1)c1nnc(-c2nc3ccccc3[nH]2)s1. The number of carbonyl (C=O) groups excluding carboxylic acids is 1. The minimum atomic E-state index is -0.311. The highest BCUT2D eigenvalue weighted by molar-refractivity contribution is 7.16. The van der Waals surface area contributed by atoms with Gasteiger partial charge in [0.25, 0.3) is 5.91 Å². The van der Waals surface area contributed by atoms with Crippen molar-refractivity contribution in [1.82, 2.24) is 30.5 Å². The Balaban J connectivity index is 1.37. The number of piperazine rings is 1. The van der Waals surface area contributed by atoms with Gasteiger partial charge in [-0.2, -0.15) is 0 Å². The molecule has 10 heteroatoms. The molecule has 3 N–H and O–H groups in total. The number of nitrogens with zero attached hydrogens (tertiary/aromatic N) is 5. The summed E-state index contributed by atoms with van der Waals surface area (Å²) in [6.45, 7) is 3.57. The van der Waals surface area contributed by atoms with E-state index in [2.05, 4.69) is 40.7 Å². The van der Waals surface area contributed by atoms with Crippen LogP contribution in [0.15, 0.2) is 42.7 Å². The summed E-state index contributed by atoms with van der Waals surface area (Å²) in [5, 5.41) is 15.3. The van der Waals surface area contributed by atoms with Crippen LogP contribution in [-0.2, 0) is 0 Å². The highest BCUT2D eigenvalue weighted by Crippen LogP contribution is 2.27. The van der Waals surface area contributed by atoms with Crippen molar-refractivity contribution in [3.63, 3.8) is 0 Å². The van der Waals surface area contributed by atoms with Crippen LogP contribution >= 0.6 is 11.3 Å². The average Bonchev–Trinajstić information content (AvgIpc) is 3.42. The van der Waals surface area contributed by atoms with E-state index in [1.54, 1.807) is 12.4 Å². The molecule has 1 saturated heterocycles. The van der Waals surface area contributed by atoms with E-state index >= 15 is 0 Å². The Morgan fingerprint density at radius 2 is 2.00 bits per heavy atom. The Morgan fingerprint density at radius 3 is 2.86 bits per heavy atom. The normalized spacial score (nSPS) is 14.3. The van der Waals surface area contributed by atoms with Gasteiger partial charge in [-0.1, -0.05) is 23.5 Å². The Labute approximate surface area is 170 Å². The van der Waals surface area contributed by atoms with Crippen LogP contribution in [0, 0.1) is 0 Å². The van der Waals surface area contributed by atoms with Gasteiger partial charge in [0.05, 0.1) is 28.6 Å². The van der Waals surface area contributed by atoms with Gasteiger partial charge in [0.15, 0.2) is 10.8 Å². The number of imidazole rings is 1. The summed E-state index contributed by atoms with van der Waals surface area (Å²) in [6, 6.07) is 9.65. The number of H-pyrrole nitrogens is 1. The summed E-state index contributed by atoms with van der Waals surface area (Å²) in [7, 11) is 0. The van der Waals surface area contributed by atoms with Gasteiger partial charge in [-0.05, 0) is 18.2 Å². The van der Waals surface area contributed by atoms with E-state index in [-0.39, 0.29) is 10.9 Å². The number of benzene rings is 1. The number of para-hydroxylation sites is 2. The molecule has 1 amide bonds. The van der Waals surface area contributed by atoms with Crippen LogP contribution in [0.25, 0.3) is 21.9 Å². The molecule has 0 bridgehead atoms. The summed E-state index contributed by atoms with van der Waals surface area (Å²) in [4.78, 5) is 26.9. The van der Waals surface area contributed by atoms with Gasteiger partial charge >= 0.3 is 0 Å². The molecule has 4 aromatic rings.